The summed E-state index contributed by atoms with van der Waals surface area (Å²) < 4.78 is 1.44. The van der Waals surface area contributed by atoms with E-state index in [4.69, 9.17) is 0 Å². The third kappa shape index (κ3) is 2.71. The Bertz CT molecular complexity index is 570. The Morgan fingerprint density at radius 3 is 2.47 bits per heavy atom. The minimum absolute atomic E-state index is 0.286. The van der Waals surface area contributed by atoms with Gasteiger partial charge in [-0.15, -0.1) is 5.10 Å². The van der Waals surface area contributed by atoms with Crippen LogP contribution < -0.4 is 0 Å². The second-order valence-electron chi connectivity index (χ2n) is 5.50. The molecule has 1 aromatic carbocycles. The lowest BCUT2D eigenvalue weighted by Gasteiger charge is -2.24. The monoisotopic (exact) mass is 259 g/mol. The average Bonchev–Trinajstić information content (AvgIpc) is 2.86. The summed E-state index contributed by atoms with van der Waals surface area (Å²) in [6, 6.07) is 9.24. The van der Waals surface area contributed by atoms with Gasteiger partial charge in [0.25, 0.3) is 0 Å². The van der Waals surface area contributed by atoms with Gasteiger partial charge in [-0.2, -0.15) is 0 Å². The summed E-state index contributed by atoms with van der Waals surface area (Å²) in [5.41, 5.74) is 0.501. The molecular formula is C14H17N3O2. The van der Waals surface area contributed by atoms with Crippen LogP contribution in [0.15, 0.2) is 36.5 Å². The molecule has 0 aliphatic heterocycles. The summed E-state index contributed by atoms with van der Waals surface area (Å²) in [6.07, 6.45) is 0.290. The van der Waals surface area contributed by atoms with Crippen molar-refractivity contribution in [1.82, 2.24) is 15.0 Å². The Morgan fingerprint density at radius 2 is 1.89 bits per heavy atom. The summed E-state index contributed by atoms with van der Waals surface area (Å²) in [5, 5.41) is 17.8. The van der Waals surface area contributed by atoms with Crippen LogP contribution in [0.2, 0.25) is 0 Å². The Hall–Kier alpha value is -2.01. The van der Waals surface area contributed by atoms with Gasteiger partial charge in [-0.05, 0) is 17.5 Å². The number of hydrogen-bond donors (Lipinski definition) is 1. The molecule has 5 nitrogen and oxygen atoms in total. The number of aliphatic hydroxyl groups is 1. The summed E-state index contributed by atoms with van der Waals surface area (Å²) >= 11 is 0. The molecule has 0 fully saturated rings. The number of benzene rings is 1. The standard InChI is InChI=1S/C14H17N3O2/c1-14(2,3)13(19)12(18)11-9-15-16-17(11)10-7-5-4-6-8-10/h4-9,13,19H,1-3H3. The minimum Gasteiger partial charge on any atom is -0.384 e. The molecule has 0 saturated carbocycles. The van der Waals surface area contributed by atoms with E-state index in [0.29, 0.717) is 0 Å². The molecule has 0 radical (unpaired) electrons. The number of carbonyl (C=O) groups is 1. The van der Waals surface area contributed by atoms with E-state index in [-0.39, 0.29) is 11.5 Å². The highest BCUT2D eigenvalue weighted by Crippen LogP contribution is 2.23. The first-order valence-corrected chi connectivity index (χ1v) is 6.09. The summed E-state index contributed by atoms with van der Waals surface area (Å²) in [4.78, 5) is 12.3. The van der Waals surface area contributed by atoms with Crippen molar-refractivity contribution in [3.8, 4) is 5.69 Å². The molecule has 19 heavy (non-hydrogen) atoms. The maximum absolute atomic E-state index is 12.3. The first-order valence-electron chi connectivity index (χ1n) is 6.09. The molecule has 0 saturated heterocycles. The number of nitrogens with zero attached hydrogens (tertiary/aromatic N) is 3. The van der Waals surface area contributed by atoms with E-state index in [1.807, 2.05) is 51.1 Å². The first kappa shape index (κ1) is 13.4. The highest BCUT2D eigenvalue weighted by atomic mass is 16.3. The van der Waals surface area contributed by atoms with Crippen LogP contribution in [0.1, 0.15) is 31.3 Å². The Balaban J connectivity index is 2.38. The maximum Gasteiger partial charge on any atom is 0.211 e. The number of aliphatic hydroxyl groups excluding tert-OH is 1. The predicted molar refractivity (Wildman–Crippen MR) is 71.2 cm³/mol. The van der Waals surface area contributed by atoms with Gasteiger partial charge in [0.05, 0.1) is 11.9 Å². The van der Waals surface area contributed by atoms with Crippen molar-refractivity contribution in [3.63, 3.8) is 0 Å². The van der Waals surface area contributed by atoms with E-state index >= 15 is 0 Å². The smallest absolute Gasteiger partial charge is 0.211 e. The van der Waals surface area contributed by atoms with E-state index in [0.717, 1.165) is 5.69 Å². The lowest BCUT2D eigenvalue weighted by Crippen LogP contribution is -2.35. The van der Waals surface area contributed by atoms with E-state index in [9.17, 15) is 9.90 Å². The van der Waals surface area contributed by atoms with Crippen molar-refractivity contribution in [1.29, 1.82) is 0 Å². The van der Waals surface area contributed by atoms with Crippen LogP contribution in [-0.2, 0) is 0 Å². The first-order chi connectivity index (χ1) is 8.91. The zero-order chi connectivity index (χ0) is 14.0. The molecule has 2 rings (SSSR count). The fourth-order valence-electron chi connectivity index (χ4n) is 1.70. The van der Waals surface area contributed by atoms with Crippen LogP contribution in [-0.4, -0.2) is 32.0 Å². The average molecular weight is 259 g/mol. The van der Waals surface area contributed by atoms with Gasteiger partial charge < -0.3 is 5.11 Å². The SMILES string of the molecule is CC(C)(C)C(O)C(=O)c1cnnn1-c1ccccc1. The van der Waals surface area contributed by atoms with Gasteiger partial charge >= 0.3 is 0 Å². The number of Topliss-reactive ketones (excluding diaryl/α,β-unsaturated/α-hetero) is 1. The normalized spacial score (nSPS) is 13.3. The molecule has 1 N–H and O–H groups in total. The third-order valence-corrected chi connectivity index (χ3v) is 2.87. The fourth-order valence-corrected chi connectivity index (χ4v) is 1.70. The molecule has 1 heterocycles. The number of para-hydroxylation sites is 1. The number of aromatic nitrogens is 3. The molecule has 5 heteroatoms. The number of hydrogen-bond acceptors (Lipinski definition) is 4. The maximum atomic E-state index is 12.3. The summed E-state index contributed by atoms with van der Waals surface area (Å²) in [6.45, 7) is 5.44. The lowest BCUT2D eigenvalue weighted by molar-refractivity contribution is 0.0435. The zero-order valence-electron chi connectivity index (χ0n) is 11.2. The highest BCUT2D eigenvalue weighted by Gasteiger charge is 2.32. The summed E-state index contributed by atoms with van der Waals surface area (Å²) in [5.74, 6) is -0.374. The van der Waals surface area contributed by atoms with E-state index in [1.54, 1.807) is 0 Å². The van der Waals surface area contributed by atoms with E-state index in [2.05, 4.69) is 10.3 Å². The summed E-state index contributed by atoms with van der Waals surface area (Å²) in [7, 11) is 0. The van der Waals surface area contributed by atoms with Crippen molar-refractivity contribution in [3.05, 3.63) is 42.2 Å². The van der Waals surface area contributed by atoms with Gasteiger partial charge in [0.2, 0.25) is 5.78 Å². The van der Waals surface area contributed by atoms with Crippen LogP contribution in [0.3, 0.4) is 0 Å². The van der Waals surface area contributed by atoms with Crippen molar-refractivity contribution < 1.29 is 9.90 Å². The van der Waals surface area contributed by atoms with Crippen molar-refractivity contribution in [2.45, 2.75) is 26.9 Å². The number of carbonyl (C=O) groups excluding carboxylic acids is 1. The molecule has 0 amide bonds. The van der Waals surface area contributed by atoms with Crippen molar-refractivity contribution in [2.75, 3.05) is 0 Å². The van der Waals surface area contributed by atoms with Gasteiger partial charge in [0.1, 0.15) is 11.8 Å². The van der Waals surface area contributed by atoms with Crippen LogP contribution in [0.25, 0.3) is 5.69 Å². The zero-order valence-corrected chi connectivity index (χ0v) is 11.2. The van der Waals surface area contributed by atoms with Gasteiger partial charge in [-0.3, -0.25) is 4.79 Å². The molecule has 1 unspecified atom stereocenters. The quantitative estimate of drug-likeness (QED) is 0.854. The predicted octanol–water partition coefficient (Wildman–Crippen LogP) is 1.86. The molecule has 2 aromatic rings. The molecule has 0 bridgehead atoms. The lowest BCUT2D eigenvalue weighted by atomic mass is 9.86. The number of ketones is 1. The highest BCUT2D eigenvalue weighted by molar-refractivity contribution is 5.98. The van der Waals surface area contributed by atoms with E-state index < -0.39 is 11.5 Å². The molecule has 1 atom stereocenters. The Morgan fingerprint density at radius 1 is 1.26 bits per heavy atom. The second-order valence-corrected chi connectivity index (χ2v) is 5.50. The van der Waals surface area contributed by atoms with Crippen molar-refractivity contribution in [2.24, 2.45) is 5.41 Å². The topological polar surface area (TPSA) is 68.0 Å². The Labute approximate surface area is 111 Å². The fraction of sp³-hybridized carbons (Fsp3) is 0.357. The van der Waals surface area contributed by atoms with Crippen LogP contribution >= 0.6 is 0 Å². The van der Waals surface area contributed by atoms with Gasteiger partial charge in [-0.1, -0.05) is 44.2 Å². The molecule has 0 aliphatic carbocycles. The molecule has 0 aliphatic rings. The largest absolute Gasteiger partial charge is 0.384 e. The Kier molecular flexibility index (Phi) is 3.48. The van der Waals surface area contributed by atoms with Crippen LogP contribution in [0, 0.1) is 5.41 Å². The number of rotatable bonds is 3. The van der Waals surface area contributed by atoms with Gasteiger partial charge in [0.15, 0.2) is 0 Å². The van der Waals surface area contributed by atoms with Gasteiger partial charge in [0, 0.05) is 0 Å². The van der Waals surface area contributed by atoms with Crippen LogP contribution in [0.4, 0.5) is 0 Å². The molecule has 1 aromatic heterocycles. The van der Waals surface area contributed by atoms with Gasteiger partial charge in [-0.25, -0.2) is 4.68 Å². The van der Waals surface area contributed by atoms with Crippen LogP contribution in [0.5, 0.6) is 0 Å². The molecule has 100 valence electrons. The second kappa shape index (κ2) is 4.93. The minimum atomic E-state index is -1.09. The third-order valence-electron chi connectivity index (χ3n) is 2.87. The van der Waals surface area contributed by atoms with Crippen molar-refractivity contribution >= 4 is 5.78 Å². The molecular weight excluding hydrogens is 242 g/mol. The van der Waals surface area contributed by atoms with E-state index in [1.165, 1.54) is 10.9 Å². The molecule has 0 spiro atoms.